The molecule has 0 unspecified atom stereocenters. The maximum absolute atomic E-state index is 13.4. The summed E-state index contributed by atoms with van der Waals surface area (Å²) >= 11 is 1.12. The minimum Gasteiger partial charge on any atom is -0.497 e. The monoisotopic (exact) mass is 466 g/mol. The number of ether oxygens (including phenoxy) is 1. The summed E-state index contributed by atoms with van der Waals surface area (Å²) in [5.74, 6) is 0.386. The van der Waals surface area contributed by atoms with Crippen LogP contribution in [0.2, 0.25) is 0 Å². The molecule has 0 saturated heterocycles. The van der Waals surface area contributed by atoms with Gasteiger partial charge in [0.25, 0.3) is 5.56 Å². The van der Waals surface area contributed by atoms with Gasteiger partial charge in [0, 0.05) is 12.6 Å². The van der Waals surface area contributed by atoms with Crippen LogP contribution in [0.4, 0.5) is 4.79 Å². The highest BCUT2D eigenvalue weighted by atomic mass is 32.2. The molecule has 0 bridgehead atoms. The second kappa shape index (κ2) is 9.74. The van der Waals surface area contributed by atoms with E-state index in [4.69, 9.17) is 4.74 Å². The number of para-hydroxylation sites is 1. The van der Waals surface area contributed by atoms with Crippen LogP contribution >= 0.6 is 11.8 Å². The van der Waals surface area contributed by atoms with Crippen LogP contribution in [-0.4, -0.2) is 50.5 Å². The molecule has 0 spiro atoms. The highest BCUT2D eigenvalue weighted by molar-refractivity contribution is 7.99. The van der Waals surface area contributed by atoms with Gasteiger partial charge in [0.05, 0.1) is 29.5 Å². The van der Waals surface area contributed by atoms with Crippen LogP contribution in [0.5, 0.6) is 5.75 Å². The van der Waals surface area contributed by atoms with E-state index in [1.807, 2.05) is 13.0 Å². The van der Waals surface area contributed by atoms with Crippen LogP contribution in [0.15, 0.2) is 58.5 Å². The molecule has 0 aliphatic carbocycles. The number of carbonyl (C=O) groups is 2. The summed E-state index contributed by atoms with van der Waals surface area (Å²) in [7, 11) is 1.55. The summed E-state index contributed by atoms with van der Waals surface area (Å²) < 4.78 is 8.49. The number of urea groups is 1. The van der Waals surface area contributed by atoms with Crippen LogP contribution in [0, 0.1) is 0 Å². The van der Waals surface area contributed by atoms with Gasteiger partial charge >= 0.3 is 6.03 Å². The van der Waals surface area contributed by atoms with Gasteiger partial charge in [-0.25, -0.2) is 9.36 Å². The Bertz CT molecular complexity index is 1400. The zero-order valence-electron chi connectivity index (χ0n) is 18.1. The minimum atomic E-state index is -0.536. The number of carbonyl (C=O) groups excluding carboxylic acids is 2. The highest BCUT2D eigenvalue weighted by Crippen LogP contribution is 2.24. The molecule has 3 amide bonds. The Morgan fingerprint density at radius 2 is 1.94 bits per heavy atom. The molecule has 0 atom stereocenters. The van der Waals surface area contributed by atoms with Crippen molar-refractivity contribution in [2.45, 2.75) is 18.5 Å². The number of benzene rings is 2. The number of rotatable bonds is 7. The first-order valence-electron chi connectivity index (χ1n) is 10.3. The molecule has 0 radical (unpaired) electrons. The average Bonchev–Trinajstić information content (AvgIpc) is 3.25. The third-order valence-corrected chi connectivity index (χ3v) is 5.76. The molecular formula is C22H22N6O4S. The van der Waals surface area contributed by atoms with Gasteiger partial charge in [-0.3, -0.25) is 19.3 Å². The van der Waals surface area contributed by atoms with Crippen molar-refractivity contribution in [2.24, 2.45) is 0 Å². The van der Waals surface area contributed by atoms with E-state index in [2.05, 4.69) is 20.8 Å². The van der Waals surface area contributed by atoms with Crippen molar-refractivity contribution in [3.05, 3.63) is 58.9 Å². The van der Waals surface area contributed by atoms with Gasteiger partial charge in [-0.15, -0.1) is 10.2 Å². The van der Waals surface area contributed by atoms with E-state index >= 15 is 0 Å². The first-order chi connectivity index (χ1) is 16.0. The van der Waals surface area contributed by atoms with Crippen molar-refractivity contribution in [1.82, 2.24) is 29.8 Å². The van der Waals surface area contributed by atoms with E-state index in [-0.39, 0.29) is 11.3 Å². The molecule has 2 aromatic carbocycles. The van der Waals surface area contributed by atoms with Crippen molar-refractivity contribution in [2.75, 3.05) is 19.4 Å². The standard InChI is InChI=1S/C22H22N6O4S/c1-3-11-23-20(31)24-18(29)13-33-22-26-25-21-27(14-7-6-8-15(12-14)32-2)19(30)16-9-4-5-10-17(16)28(21)22/h4-10,12H,3,11,13H2,1-2H3,(H2,23,24,29,31). The number of hydrogen-bond acceptors (Lipinski definition) is 7. The van der Waals surface area contributed by atoms with Gasteiger partial charge in [0.1, 0.15) is 5.75 Å². The quantitative estimate of drug-likeness (QED) is 0.401. The molecule has 0 fully saturated rings. The predicted octanol–water partition coefficient (Wildman–Crippen LogP) is 2.37. The van der Waals surface area contributed by atoms with Crippen LogP contribution in [0.25, 0.3) is 22.4 Å². The zero-order valence-corrected chi connectivity index (χ0v) is 18.9. The summed E-state index contributed by atoms with van der Waals surface area (Å²) in [5, 5.41) is 14.2. The van der Waals surface area contributed by atoms with E-state index in [0.717, 1.165) is 18.2 Å². The number of imide groups is 1. The maximum Gasteiger partial charge on any atom is 0.321 e. The summed E-state index contributed by atoms with van der Waals surface area (Å²) in [6, 6.07) is 13.7. The van der Waals surface area contributed by atoms with Gasteiger partial charge in [-0.05, 0) is 30.7 Å². The lowest BCUT2D eigenvalue weighted by Crippen LogP contribution is -2.40. The van der Waals surface area contributed by atoms with Crippen LogP contribution in [0.1, 0.15) is 13.3 Å². The third kappa shape index (κ3) is 4.53. The number of aromatic nitrogens is 4. The van der Waals surface area contributed by atoms with Crippen LogP contribution < -0.4 is 20.9 Å². The van der Waals surface area contributed by atoms with E-state index in [1.165, 1.54) is 4.57 Å². The third-order valence-electron chi connectivity index (χ3n) is 4.83. The van der Waals surface area contributed by atoms with Gasteiger partial charge in [0.2, 0.25) is 11.7 Å². The molecule has 2 N–H and O–H groups in total. The Balaban J connectivity index is 1.74. The molecule has 33 heavy (non-hydrogen) atoms. The first kappa shape index (κ1) is 22.3. The van der Waals surface area contributed by atoms with Crippen LogP contribution in [-0.2, 0) is 4.79 Å². The summed E-state index contributed by atoms with van der Waals surface area (Å²) in [4.78, 5) is 37.3. The lowest BCUT2D eigenvalue weighted by Gasteiger charge is -2.12. The summed E-state index contributed by atoms with van der Waals surface area (Å²) in [6.07, 6.45) is 0.768. The Morgan fingerprint density at radius 1 is 1.12 bits per heavy atom. The number of hydrogen-bond donors (Lipinski definition) is 2. The Labute approximate surface area is 193 Å². The second-order valence-electron chi connectivity index (χ2n) is 7.07. The molecule has 4 aromatic rings. The number of amides is 3. The maximum atomic E-state index is 13.4. The molecule has 10 nitrogen and oxygen atoms in total. The number of thioether (sulfide) groups is 1. The van der Waals surface area contributed by atoms with Gasteiger partial charge in [0.15, 0.2) is 5.16 Å². The predicted molar refractivity (Wildman–Crippen MR) is 125 cm³/mol. The fourth-order valence-corrected chi connectivity index (χ4v) is 4.07. The fraction of sp³-hybridized carbons (Fsp3) is 0.227. The second-order valence-corrected chi connectivity index (χ2v) is 8.01. The normalized spacial score (nSPS) is 11.0. The van der Waals surface area contributed by atoms with Gasteiger partial charge in [-0.1, -0.05) is 36.9 Å². The van der Waals surface area contributed by atoms with Crippen molar-refractivity contribution >= 4 is 40.4 Å². The topological polar surface area (TPSA) is 120 Å². The molecule has 170 valence electrons. The molecule has 2 aromatic heterocycles. The fourth-order valence-electron chi connectivity index (χ4n) is 3.33. The Morgan fingerprint density at radius 3 is 2.73 bits per heavy atom. The first-order valence-corrected chi connectivity index (χ1v) is 11.3. The number of fused-ring (bicyclic) bond motifs is 3. The largest absolute Gasteiger partial charge is 0.497 e. The van der Waals surface area contributed by atoms with Crippen molar-refractivity contribution in [3.63, 3.8) is 0 Å². The van der Waals surface area contributed by atoms with Crippen molar-refractivity contribution in [1.29, 1.82) is 0 Å². The van der Waals surface area contributed by atoms with Crippen molar-refractivity contribution in [3.8, 4) is 11.4 Å². The van der Waals surface area contributed by atoms with E-state index in [9.17, 15) is 14.4 Å². The minimum absolute atomic E-state index is 0.0487. The lowest BCUT2D eigenvalue weighted by atomic mass is 10.2. The van der Waals surface area contributed by atoms with Crippen LogP contribution in [0.3, 0.4) is 0 Å². The molecule has 0 aliphatic rings. The number of nitrogens with zero attached hydrogens (tertiary/aromatic N) is 4. The molecule has 11 heteroatoms. The van der Waals surface area contributed by atoms with Crippen molar-refractivity contribution < 1.29 is 14.3 Å². The highest BCUT2D eigenvalue weighted by Gasteiger charge is 2.19. The van der Waals surface area contributed by atoms with Gasteiger partial charge < -0.3 is 10.1 Å². The lowest BCUT2D eigenvalue weighted by molar-refractivity contribution is -0.117. The average molecular weight is 467 g/mol. The van der Waals surface area contributed by atoms with E-state index in [1.54, 1.807) is 54.0 Å². The summed E-state index contributed by atoms with van der Waals surface area (Å²) in [5.41, 5.74) is 0.940. The van der Waals surface area contributed by atoms with E-state index in [0.29, 0.717) is 39.8 Å². The Hall–Kier alpha value is -3.86. The number of methoxy groups -OCH3 is 1. The zero-order chi connectivity index (χ0) is 23.4. The Kier molecular flexibility index (Phi) is 6.59. The number of nitrogens with one attached hydrogen (secondary N) is 2. The molecule has 0 saturated carbocycles. The molecular weight excluding hydrogens is 444 g/mol. The summed E-state index contributed by atoms with van der Waals surface area (Å²) in [6.45, 7) is 2.40. The van der Waals surface area contributed by atoms with Gasteiger partial charge in [-0.2, -0.15) is 0 Å². The smallest absolute Gasteiger partial charge is 0.321 e. The SMILES string of the molecule is CCCNC(=O)NC(=O)CSc1nnc2n(-c3cccc(OC)c3)c(=O)c3ccccc3n12. The molecule has 4 rings (SSSR count). The molecule has 0 aliphatic heterocycles. The van der Waals surface area contributed by atoms with E-state index < -0.39 is 11.9 Å². The molecule has 2 heterocycles.